The third kappa shape index (κ3) is 2.83. The zero-order valence-corrected chi connectivity index (χ0v) is 13.3. The Morgan fingerprint density at radius 3 is 2.55 bits per heavy atom. The minimum atomic E-state index is 0.360. The molecule has 2 rings (SSSR count). The van der Waals surface area contributed by atoms with Gasteiger partial charge in [-0.2, -0.15) is 0 Å². The van der Waals surface area contributed by atoms with Crippen molar-refractivity contribution in [3.8, 4) is 0 Å². The first-order valence-electron chi connectivity index (χ1n) is 7.17. The molecule has 1 aromatic carbocycles. The van der Waals surface area contributed by atoms with E-state index in [1.807, 2.05) is 18.3 Å². The van der Waals surface area contributed by atoms with Crippen molar-refractivity contribution in [2.75, 3.05) is 23.3 Å². The van der Waals surface area contributed by atoms with Crippen LogP contribution in [-0.4, -0.2) is 24.1 Å². The number of anilines is 2. The molecule has 0 spiro atoms. The lowest BCUT2D eigenvalue weighted by Crippen LogP contribution is -2.23. The summed E-state index contributed by atoms with van der Waals surface area (Å²) < 4.78 is 0. The minimum absolute atomic E-state index is 0.360. The topological polar surface area (TPSA) is 28.2 Å². The Hall–Kier alpha value is -1.48. The van der Waals surface area contributed by atoms with E-state index in [4.69, 9.17) is 11.6 Å². The zero-order chi connectivity index (χ0) is 14.7. The van der Waals surface area contributed by atoms with Crippen LogP contribution in [-0.2, 0) is 0 Å². The number of nitrogens with one attached hydrogen (secondary N) is 1. The molecule has 1 aromatic heterocycles. The standard InChI is InChI=1S/C16H22ClN3/c1-5-20(6-2)16-15-12(8-7-9-13(15)17)14(10-18-16)19-11(3)4/h7-11,19H,5-6H2,1-4H3. The molecule has 3 nitrogen and oxygen atoms in total. The molecule has 1 N–H and O–H groups in total. The normalized spacial score (nSPS) is 11.1. The van der Waals surface area contributed by atoms with E-state index in [1.165, 1.54) is 0 Å². The van der Waals surface area contributed by atoms with Crippen LogP contribution in [0.5, 0.6) is 0 Å². The predicted octanol–water partition coefficient (Wildman–Crippen LogP) is 4.55. The van der Waals surface area contributed by atoms with E-state index in [0.717, 1.165) is 40.4 Å². The third-order valence-corrected chi connectivity index (χ3v) is 3.67. The van der Waals surface area contributed by atoms with Crippen molar-refractivity contribution in [2.24, 2.45) is 0 Å². The Labute approximate surface area is 126 Å². The molecule has 0 aliphatic rings. The minimum Gasteiger partial charge on any atom is -0.381 e. The highest BCUT2D eigenvalue weighted by Crippen LogP contribution is 2.35. The smallest absolute Gasteiger partial charge is 0.138 e. The molecule has 0 saturated carbocycles. The van der Waals surface area contributed by atoms with Crippen LogP contribution in [0.4, 0.5) is 11.5 Å². The Bertz CT molecular complexity index is 592. The second-order valence-electron chi connectivity index (χ2n) is 5.13. The van der Waals surface area contributed by atoms with Crippen molar-refractivity contribution in [1.29, 1.82) is 0 Å². The number of aromatic nitrogens is 1. The molecule has 0 saturated heterocycles. The molecule has 0 radical (unpaired) electrons. The van der Waals surface area contributed by atoms with E-state index in [9.17, 15) is 0 Å². The van der Waals surface area contributed by atoms with Gasteiger partial charge in [-0.15, -0.1) is 0 Å². The summed E-state index contributed by atoms with van der Waals surface area (Å²) in [6, 6.07) is 6.37. The maximum atomic E-state index is 6.43. The fourth-order valence-electron chi connectivity index (χ4n) is 2.42. The van der Waals surface area contributed by atoms with Crippen LogP contribution in [0.2, 0.25) is 5.02 Å². The fraction of sp³-hybridized carbons (Fsp3) is 0.438. The van der Waals surface area contributed by atoms with Crippen molar-refractivity contribution in [1.82, 2.24) is 4.98 Å². The molecule has 0 amide bonds. The van der Waals surface area contributed by atoms with E-state index >= 15 is 0 Å². The molecular weight excluding hydrogens is 270 g/mol. The third-order valence-electron chi connectivity index (χ3n) is 3.35. The maximum Gasteiger partial charge on any atom is 0.138 e. The lowest BCUT2D eigenvalue weighted by Gasteiger charge is -2.23. The molecular formula is C16H22ClN3. The summed E-state index contributed by atoms with van der Waals surface area (Å²) in [5, 5.41) is 6.35. The van der Waals surface area contributed by atoms with Crippen molar-refractivity contribution >= 4 is 33.9 Å². The number of hydrogen-bond acceptors (Lipinski definition) is 3. The van der Waals surface area contributed by atoms with Crippen LogP contribution in [0, 0.1) is 0 Å². The molecule has 108 valence electrons. The average Bonchev–Trinajstić information content (AvgIpc) is 2.42. The quantitative estimate of drug-likeness (QED) is 0.875. The lowest BCUT2D eigenvalue weighted by atomic mass is 10.1. The van der Waals surface area contributed by atoms with Gasteiger partial charge in [0.25, 0.3) is 0 Å². The van der Waals surface area contributed by atoms with Gasteiger partial charge in [0.2, 0.25) is 0 Å². The van der Waals surface area contributed by atoms with E-state index in [1.54, 1.807) is 0 Å². The molecule has 0 aliphatic heterocycles. The van der Waals surface area contributed by atoms with Gasteiger partial charge in [-0.25, -0.2) is 4.98 Å². The van der Waals surface area contributed by atoms with E-state index in [2.05, 4.69) is 49.0 Å². The van der Waals surface area contributed by atoms with Gasteiger partial charge < -0.3 is 10.2 Å². The first kappa shape index (κ1) is 14.9. The highest BCUT2D eigenvalue weighted by atomic mass is 35.5. The summed E-state index contributed by atoms with van der Waals surface area (Å²) in [5.41, 5.74) is 1.04. The second-order valence-corrected chi connectivity index (χ2v) is 5.54. The Morgan fingerprint density at radius 1 is 1.25 bits per heavy atom. The van der Waals surface area contributed by atoms with Crippen molar-refractivity contribution in [3.63, 3.8) is 0 Å². The van der Waals surface area contributed by atoms with Gasteiger partial charge in [-0.3, -0.25) is 0 Å². The molecule has 0 atom stereocenters. The maximum absolute atomic E-state index is 6.43. The van der Waals surface area contributed by atoms with Gasteiger partial charge in [0, 0.05) is 29.9 Å². The molecule has 2 aromatic rings. The Balaban J connectivity index is 2.67. The molecule has 20 heavy (non-hydrogen) atoms. The Morgan fingerprint density at radius 2 is 1.95 bits per heavy atom. The summed E-state index contributed by atoms with van der Waals surface area (Å²) in [6.45, 7) is 10.3. The summed E-state index contributed by atoms with van der Waals surface area (Å²) in [6.07, 6.45) is 1.91. The molecule has 0 aliphatic carbocycles. The summed E-state index contributed by atoms with van der Waals surface area (Å²) >= 11 is 6.43. The monoisotopic (exact) mass is 291 g/mol. The van der Waals surface area contributed by atoms with Gasteiger partial charge in [-0.05, 0) is 33.8 Å². The van der Waals surface area contributed by atoms with E-state index < -0.39 is 0 Å². The number of pyridine rings is 1. The van der Waals surface area contributed by atoms with Crippen LogP contribution >= 0.6 is 11.6 Å². The van der Waals surface area contributed by atoms with Gasteiger partial charge >= 0.3 is 0 Å². The number of nitrogens with zero attached hydrogens (tertiary/aromatic N) is 2. The van der Waals surface area contributed by atoms with Crippen LogP contribution in [0.1, 0.15) is 27.7 Å². The first-order valence-corrected chi connectivity index (χ1v) is 7.55. The van der Waals surface area contributed by atoms with Crippen LogP contribution < -0.4 is 10.2 Å². The van der Waals surface area contributed by atoms with Crippen molar-refractivity contribution in [3.05, 3.63) is 29.4 Å². The van der Waals surface area contributed by atoms with E-state index in [0.29, 0.717) is 6.04 Å². The van der Waals surface area contributed by atoms with Crippen LogP contribution in [0.15, 0.2) is 24.4 Å². The summed E-state index contributed by atoms with van der Waals surface area (Å²) in [7, 11) is 0. The predicted molar refractivity (Wildman–Crippen MR) is 89.1 cm³/mol. The number of benzene rings is 1. The fourth-order valence-corrected chi connectivity index (χ4v) is 2.68. The number of rotatable bonds is 5. The van der Waals surface area contributed by atoms with Gasteiger partial charge in [0.05, 0.1) is 16.9 Å². The largest absolute Gasteiger partial charge is 0.381 e. The van der Waals surface area contributed by atoms with Crippen molar-refractivity contribution < 1.29 is 0 Å². The lowest BCUT2D eigenvalue weighted by molar-refractivity contribution is 0.850. The number of hydrogen-bond donors (Lipinski definition) is 1. The average molecular weight is 292 g/mol. The van der Waals surface area contributed by atoms with Crippen LogP contribution in [0.3, 0.4) is 0 Å². The van der Waals surface area contributed by atoms with Gasteiger partial charge in [0.15, 0.2) is 0 Å². The number of fused-ring (bicyclic) bond motifs is 1. The highest BCUT2D eigenvalue weighted by Gasteiger charge is 2.14. The SMILES string of the molecule is CCN(CC)c1ncc(NC(C)C)c2cccc(Cl)c12. The number of halogens is 1. The molecule has 4 heteroatoms. The second kappa shape index (κ2) is 6.31. The van der Waals surface area contributed by atoms with E-state index in [-0.39, 0.29) is 0 Å². The first-order chi connectivity index (χ1) is 9.58. The van der Waals surface area contributed by atoms with Crippen molar-refractivity contribution in [2.45, 2.75) is 33.7 Å². The zero-order valence-electron chi connectivity index (χ0n) is 12.6. The van der Waals surface area contributed by atoms with Gasteiger partial charge in [-0.1, -0.05) is 23.7 Å². The molecule has 1 heterocycles. The van der Waals surface area contributed by atoms with Gasteiger partial charge in [0.1, 0.15) is 5.82 Å². The molecule has 0 bridgehead atoms. The summed E-state index contributed by atoms with van der Waals surface area (Å²) in [5.74, 6) is 0.963. The van der Waals surface area contributed by atoms with Crippen LogP contribution in [0.25, 0.3) is 10.8 Å². The Kier molecular flexibility index (Phi) is 4.71. The summed E-state index contributed by atoms with van der Waals surface area (Å²) in [4.78, 5) is 6.87. The molecule has 0 fully saturated rings. The molecule has 0 unspecified atom stereocenters. The highest BCUT2D eigenvalue weighted by molar-refractivity contribution is 6.37.